The van der Waals surface area contributed by atoms with Gasteiger partial charge >= 0.3 is 5.97 Å². The lowest BCUT2D eigenvalue weighted by Gasteiger charge is -2.08. The Balaban J connectivity index is 2.11. The number of hydrogen-bond acceptors (Lipinski definition) is 4. The van der Waals surface area contributed by atoms with Gasteiger partial charge in [0.1, 0.15) is 23.1 Å². The number of pyridine rings is 1. The van der Waals surface area contributed by atoms with Crippen molar-refractivity contribution in [1.29, 1.82) is 5.26 Å². The Kier molecular flexibility index (Phi) is 3.91. The molecule has 5 nitrogen and oxygen atoms in total. The number of aromatic nitrogens is 1. The number of anilines is 1. The Labute approximate surface area is 114 Å². The van der Waals surface area contributed by atoms with Crippen molar-refractivity contribution < 1.29 is 14.3 Å². The molecule has 1 aromatic heterocycles. The normalized spacial score (nSPS) is 9.80. The van der Waals surface area contributed by atoms with E-state index in [2.05, 4.69) is 10.3 Å². The van der Waals surface area contributed by atoms with Crippen molar-refractivity contribution in [3.8, 4) is 6.07 Å². The van der Waals surface area contributed by atoms with Crippen LogP contribution < -0.4 is 5.32 Å². The van der Waals surface area contributed by atoms with Gasteiger partial charge in [-0.15, -0.1) is 0 Å². The third-order valence-corrected chi connectivity index (χ3v) is 2.65. The molecule has 0 bridgehead atoms. The van der Waals surface area contributed by atoms with Crippen LogP contribution in [0.25, 0.3) is 0 Å². The van der Waals surface area contributed by atoms with E-state index in [1.165, 1.54) is 24.4 Å². The van der Waals surface area contributed by atoms with Crippen LogP contribution in [0.3, 0.4) is 0 Å². The zero-order valence-electron chi connectivity index (χ0n) is 10.3. The van der Waals surface area contributed by atoms with Gasteiger partial charge in [0, 0.05) is 12.7 Å². The first-order valence-electron chi connectivity index (χ1n) is 5.72. The third kappa shape index (κ3) is 2.90. The minimum Gasteiger partial charge on any atom is -0.477 e. The summed E-state index contributed by atoms with van der Waals surface area (Å²) in [5, 5.41) is 20.5. The van der Waals surface area contributed by atoms with Crippen molar-refractivity contribution in [2.24, 2.45) is 0 Å². The van der Waals surface area contributed by atoms with Gasteiger partial charge in [-0.2, -0.15) is 5.26 Å². The monoisotopic (exact) mass is 271 g/mol. The van der Waals surface area contributed by atoms with Gasteiger partial charge in [0.05, 0.1) is 5.69 Å². The Morgan fingerprint density at radius 1 is 1.40 bits per heavy atom. The van der Waals surface area contributed by atoms with Gasteiger partial charge < -0.3 is 10.4 Å². The van der Waals surface area contributed by atoms with E-state index >= 15 is 0 Å². The second-order valence-electron chi connectivity index (χ2n) is 3.98. The Morgan fingerprint density at radius 3 is 2.80 bits per heavy atom. The molecule has 0 fully saturated rings. The lowest BCUT2D eigenvalue weighted by molar-refractivity contribution is 0.0690. The summed E-state index contributed by atoms with van der Waals surface area (Å²) < 4.78 is 13.4. The molecule has 0 radical (unpaired) electrons. The summed E-state index contributed by atoms with van der Waals surface area (Å²) >= 11 is 0. The maximum Gasteiger partial charge on any atom is 0.354 e. The van der Waals surface area contributed by atoms with E-state index in [9.17, 15) is 9.18 Å². The highest BCUT2D eigenvalue weighted by molar-refractivity contribution is 5.85. The van der Waals surface area contributed by atoms with E-state index in [-0.39, 0.29) is 11.3 Å². The standard InChI is InChI=1S/C14H10FN3O2/c15-11-2-1-3-12(10(11)6-16)17-7-9-4-5-13(14(19)20)18-8-9/h1-5,8,17H,7H2,(H,19,20). The predicted molar refractivity (Wildman–Crippen MR) is 69.6 cm³/mol. The molecule has 0 unspecified atom stereocenters. The van der Waals surface area contributed by atoms with E-state index in [1.807, 2.05) is 0 Å². The maximum atomic E-state index is 13.4. The number of nitrogens with zero attached hydrogens (tertiary/aromatic N) is 2. The number of carboxylic acid groups (broad SMARTS) is 1. The topological polar surface area (TPSA) is 86.0 Å². The lowest BCUT2D eigenvalue weighted by Crippen LogP contribution is -2.05. The molecule has 2 N–H and O–H groups in total. The molecule has 6 heteroatoms. The first-order valence-corrected chi connectivity index (χ1v) is 5.72. The molecule has 0 amide bonds. The molecular weight excluding hydrogens is 261 g/mol. The fourth-order valence-corrected chi connectivity index (χ4v) is 1.64. The Hall–Kier alpha value is -2.94. The molecule has 0 aliphatic heterocycles. The van der Waals surface area contributed by atoms with E-state index in [0.29, 0.717) is 12.2 Å². The summed E-state index contributed by atoms with van der Waals surface area (Å²) in [5.41, 5.74) is 1.01. The summed E-state index contributed by atoms with van der Waals surface area (Å²) in [6, 6.07) is 9.10. The largest absolute Gasteiger partial charge is 0.477 e. The number of carboxylic acids is 1. The van der Waals surface area contributed by atoms with Crippen molar-refractivity contribution >= 4 is 11.7 Å². The lowest BCUT2D eigenvalue weighted by atomic mass is 10.1. The van der Waals surface area contributed by atoms with Gasteiger partial charge in [-0.05, 0) is 23.8 Å². The van der Waals surface area contributed by atoms with Crippen LogP contribution in [0.1, 0.15) is 21.6 Å². The smallest absolute Gasteiger partial charge is 0.354 e. The fourth-order valence-electron chi connectivity index (χ4n) is 1.64. The molecule has 1 aromatic carbocycles. The van der Waals surface area contributed by atoms with Crippen LogP contribution in [-0.4, -0.2) is 16.1 Å². The van der Waals surface area contributed by atoms with Gasteiger partial charge in [0.15, 0.2) is 0 Å². The van der Waals surface area contributed by atoms with Crippen molar-refractivity contribution in [3.63, 3.8) is 0 Å². The van der Waals surface area contributed by atoms with Crippen LogP contribution in [0.2, 0.25) is 0 Å². The average Bonchev–Trinajstić information content (AvgIpc) is 2.45. The number of halogens is 1. The first-order chi connectivity index (χ1) is 9.61. The summed E-state index contributed by atoms with van der Waals surface area (Å²) in [7, 11) is 0. The summed E-state index contributed by atoms with van der Waals surface area (Å²) in [4.78, 5) is 14.4. The predicted octanol–water partition coefficient (Wildman–Crippen LogP) is 2.40. The van der Waals surface area contributed by atoms with Crippen molar-refractivity contribution in [2.45, 2.75) is 6.54 Å². The van der Waals surface area contributed by atoms with Crippen LogP contribution in [0.5, 0.6) is 0 Å². The van der Waals surface area contributed by atoms with Gasteiger partial charge in [0.2, 0.25) is 0 Å². The summed E-state index contributed by atoms with van der Waals surface area (Å²) in [6.07, 6.45) is 1.42. The molecule has 0 atom stereocenters. The number of benzene rings is 1. The van der Waals surface area contributed by atoms with Crippen LogP contribution >= 0.6 is 0 Å². The van der Waals surface area contributed by atoms with Crippen LogP contribution in [0.4, 0.5) is 10.1 Å². The van der Waals surface area contributed by atoms with Crippen molar-refractivity contribution in [2.75, 3.05) is 5.32 Å². The van der Waals surface area contributed by atoms with Crippen LogP contribution in [0.15, 0.2) is 36.5 Å². The minimum atomic E-state index is -1.10. The molecule has 20 heavy (non-hydrogen) atoms. The molecule has 100 valence electrons. The molecule has 2 aromatic rings. The second kappa shape index (κ2) is 5.80. The number of hydrogen-bond donors (Lipinski definition) is 2. The number of rotatable bonds is 4. The summed E-state index contributed by atoms with van der Waals surface area (Å²) in [5.74, 6) is -1.68. The van der Waals surface area contributed by atoms with Crippen LogP contribution in [0, 0.1) is 17.1 Å². The zero-order valence-corrected chi connectivity index (χ0v) is 10.3. The van der Waals surface area contributed by atoms with Gasteiger partial charge in [-0.3, -0.25) is 0 Å². The van der Waals surface area contributed by atoms with Crippen molar-refractivity contribution in [3.05, 3.63) is 59.2 Å². The summed E-state index contributed by atoms with van der Waals surface area (Å²) in [6.45, 7) is 0.311. The maximum absolute atomic E-state index is 13.4. The quantitative estimate of drug-likeness (QED) is 0.891. The third-order valence-electron chi connectivity index (χ3n) is 2.65. The molecule has 0 aliphatic carbocycles. The molecule has 0 saturated carbocycles. The highest BCUT2D eigenvalue weighted by Gasteiger charge is 2.08. The van der Waals surface area contributed by atoms with E-state index in [0.717, 1.165) is 5.56 Å². The molecule has 0 saturated heterocycles. The van der Waals surface area contributed by atoms with Crippen molar-refractivity contribution in [1.82, 2.24) is 4.98 Å². The van der Waals surface area contributed by atoms with E-state index in [1.54, 1.807) is 18.2 Å². The van der Waals surface area contributed by atoms with Gasteiger partial charge in [-0.25, -0.2) is 14.2 Å². The number of carbonyl (C=O) groups is 1. The molecular formula is C14H10FN3O2. The van der Waals surface area contributed by atoms with Gasteiger partial charge in [-0.1, -0.05) is 12.1 Å². The minimum absolute atomic E-state index is 0.0442. The molecule has 0 spiro atoms. The highest BCUT2D eigenvalue weighted by atomic mass is 19.1. The Morgan fingerprint density at radius 2 is 2.20 bits per heavy atom. The molecule has 1 heterocycles. The second-order valence-corrected chi connectivity index (χ2v) is 3.98. The zero-order chi connectivity index (χ0) is 14.5. The van der Waals surface area contributed by atoms with Crippen LogP contribution in [-0.2, 0) is 6.54 Å². The van der Waals surface area contributed by atoms with E-state index in [4.69, 9.17) is 10.4 Å². The average molecular weight is 271 g/mol. The number of nitriles is 1. The fraction of sp³-hybridized carbons (Fsp3) is 0.0714. The highest BCUT2D eigenvalue weighted by Crippen LogP contribution is 2.18. The molecule has 2 rings (SSSR count). The SMILES string of the molecule is N#Cc1c(F)cccc1NCc1ccc(C(=O)O)nc1. The van der Waals surface area contributed by atoms with Gasteiger partial charge in [0.25, 0.3) is 0 Å². The Bertz CT molecular complexity index is 678. The van der Waals surface area contributed by atoms with E-state index < -0.39 is 11.8 Å². The number of nitrogens with one attached hydrogen (secondary N) is 1. The number of aromatic carboxylic acids is 1. The molecule has 0 aliphatic rings. The first kappa shape index (κ1) is 13.5.